The average molecular weight is 377 g/mol. The molecule has 9 heteroatoms. The maximum absolute atomic E-state index is 10.6. The number of esters is 2. The van der Waals surface area contributed by atoms with Crippen LogP contribution in [-0.4, -0.2) is 22.1 Å². The van der Waals surface area contributed by atoms with Gasteiger partial charge in [-0.3, -0.25) is 9.59 Å². The van der Waals surface area contributed by atoms with Crippen molar-refractivity contribution in [2.24, 2.45) is 0 Å². The van der Waals surface area contributed by atoms with E-state index in [1.54, 1.807) is 48.5 Å². The van der Waals surface area contributed by atoms with Gasteiger partial charge in [-0.05, 0) is 35.4 Å². The van der Waals surface area contributed by atoms with Crippen LogP contribution in [0.2, 0.25) is 0 Å². The number of ether oxygens (including phenoxy) is 2. The maximum atomic E-state index is 10.6. The predicted octanol–water partition coefficient (Wildman–Crippen LogP) is 2.42. The Morgan fingerprint density at radius 3 is 1.63 bits per heavy atom. The largest absolute Gasteiger partial charge is 0.427 e. The lowest BCUT2D eigenvalue weighted by molar-refractivity contribution is -0.763. The fraction of sp³-hybridized carbons (Fsp3) is 0.222. The molecule has 0 radical (unpaired) electrons. The average Bonchev–Trinajstić information content (AvgIpc) is 2.61. The smallest absolute Gasteiger partial charge is 0.308 e. The van der Waals surface area contributed by atoms with Crippen LogP contribution in [0.1, 0.15) is 25.0 Å². The number of aliphatic hydroxyl groups excluding tert-OH is 1. The van der Waals surface area contributed by atoms with Crippen molar-refractivity contribution >= 4 is 11.9 Å². The molecule has 0 saturated carbocycles. The molecule has 0 heterocycles. The van der Waals surface area contributed by atoms with E-state index in [1.807, 2.05) is 0 Å². The first-order chi connectivity index (χ1) is 12.8. The van der Waals surface area contributed by atoms with Gasteiger partial charge >= 0.3 is 11.9 Å². The Labute approximate surface area is 155 Å². The molecule has 27 heavy (non-hydrogen) atoms. The Morgan fingerprint density at radius 1 is 0.889 bits per heavy atom. The van der Waals surface area contributed by atoms with Crippen LogP contribution in [0.3, 0.4) is 0 Å². The first-order valence-corrected chi connectivity index (χ1v) is 7.73. The van der Waals surface area contributed by atoms with E-state index in [2.05, 4.69) is 4.84 Å². The van der Waals surface area contributed by atoms with E-state index in [9.17, 15) is 19.7 Å². The molecule has 0 amide bonds. The molecule has 0 aromatic heterocycles. The van der Waals surface area contributed by atoms with Crippen LogP contribution < -0.4 is 9.47 Å². The van der Waals surface area contributed by atoms with Crippen molar-refractivity contribution in [3.63, 3.8) is 0 Å². The molecule has 0 unspecified atom stereocenters. The summed E-state index contributed by atoms with van der Waals surface area (Å²) in [6.07, 6.45) is 0. The van der Waals surface area contributed by atoms with Gasteiger partial charge in [0.05, 0.1) is 6.61 Å². The van der Waals surface area contributed by atoms with E-state index >= 15 is 0 Å². The number of carbonyl (C=O) groups excluding carboxylic acids is 2. The zero-order valence-corrected chi connectivity index (χ0v) is 14.8. The van der Waals surface area contributed by atoms with Crippen LogP contribution in [0, 0.1) is 10.1 Å². The van der Waals surface area contributed by atoms with E-state index in [0.29, 0.717) is 17.1 Å². The third kappa shape index (κ3) is 9.56. The number of hydrogen-bond donors (Lipinski definition) is 1. The normalized spacial score (nSPS) is 9.44. The second-order valence-corrected chi connectivity index (χ2v) is 5.13. The fourth-order valence-corrected chi connectivity index (χ4v) is 1.78. The zero-order valence-electron chi connectivity index (χ0n) is 14.8. The zero-order chi connectivity index (χ0) is 20.2. The monoisotopic (exact) mass is 377 g/mol. The van der Waals surface area contributed by atoms with E-state index in [1.165, 1.54) is 13.8 Å². The highest BCUT2D eigenvalue weighted by Crippen LogP contribution is 2.13. The molecule has 1 N–H and O–H groups in total. The standard InChI is InChI=1S/C9H9NO5.C9H10O3/c1-7(11)15-9-4-2-8(3-5-9)6-14-10(12)13;1-7(11)12-9-4-2-8(6-10)3-5-9/h2-5H,6H2,1H3;2-5,10H,6H2,1H3. The molecule has 0 aliphatic rings. The van der Waals surface area contributed by atoms with Gasteiger partial charge in [0, 0.05) is 13.8 Å². The first kappa shape index (κ1) is 21.6. The second kappa shape index (κ2) is 11.2. The van der Waals surface area contributed by atoms with E-state index < -0.39 is 11.1 Å². The summed E-state index contributed by atoms with van der Waals surface area (Å²) in [5, 5.41) is 17.7. The number of nitrogens with zero attached hydrogens (tertiary/aromatic N) is 1. The summed E-state index contributed by atoms with van der Waals surface area (Å²) in [6.45, 7) is 2.53. The topological polar surface area (TPSA) is 125 Å². The highest BCUT2D eigenvalue weighted by Gasteiger charge is 2.00. The molecule has 0 spiro atoms. The molecule has 2 aromatic rings. The Morgan fingerprint density at radius 2 is 1.30 bits per heavy atom. The molecule has 0 atom stereocenters. The molecule has 0 bridgehead atoms. The molecule has 0 fully saturated rings. The van der Waals surface area contributed by atoms with Gasteiger partial charge in [0.2, 0.25) is 0 Å². The predicted molar refractivity (Wildman–Crippen MR) is 93.2 cm³/mol. The van der Waals surface area contributed by atoms with Crippen LogP contribution in [0.5, 0.6) is 11.5 Å². The quantitative estimate of drug-likeness (QED) is 0.352. The van der Waals surface area contributed by atoms with Gasteiger partial charge in [0.15, 0.2) is 0 Å². The summed E-state index contributed by atoms with van der Waals surface area (Å²) >= 11 is 0. The van der Waals surface area contributed by atoms with Crippen LogP contribution >= 0.6 is 0 Å². The summed E-state index contributed by atoms with van der Waals surface area (Å²) in [6, 6.07) is 13.0. The number of benzene rings is 2. The van der Waals surface area contributed by atoms with Crippen molar-refractivity contribution in [1.29, 1.82) is 0 Å². The van der Waals surface area contributed by atoms with Crippen molar-refractivity contribution in [3.8, 4) is 11.5 Å². The van der Waals surface area contributed by atoms with Crippen molar-refractivity contribution < 1.29 is 34.1 Å². The number of rotatable bonds is 6. The summed E-state index contributed by atoms with van der Waals surface area (Å²) < 4.78 is 9.57. The van der Waals surface area contributed by atoms with Crippen molar-refractivity contribution in [3.05, 3.63) is 69.8 Å². The van der Waals surface area contributed by atoms with Crippen molar-refractivity contribution in [1.82, 2.24) is 0 Å². The minimum absolute atomic E-state index is 0.000349. The second-order valence-electron chi connectivity index (χ2n) is 5.13. The molecular formula is C18H19NO8. The third-order valence-electron chi connectivity index (χ3n) is 2.89. The molecule has 2 aromatic carbocycles. The summed E-state index contributed by atoms with van der Waals surface area (Å²) in [7, 11) is 0. The van der Waals surface area contributed by atoms with Gasteiger partial charge in [0.1, 0.15) is 18.1 Å². The summed E-state index contributed by atoms with van der Waals surface area (Å²) in [5.41, 5.74) is 1.42. The lowest BCUT2D eigenvalue weighted by Crippen LogP contribution is -2.02. The minimum Gasteiger partial charge on any atom is -0.427 e. The molecular weight excluding hydrogens is 358 g/mol. The molecule has 9 nitrogen and oxygen atoms in total. The van der Waals surface area contributed by atoms with Crippen LogP contribution in [0.4, 0.5) is 0 Å². The Kier molecular flexibility index (Phi) is 8.96. The van der Waals surface area contributed by atoms with Gasteiger partial charge in [0.25, 0.3) is 5.09 Å². The van der Waals surface area contributed by atoms with Crippen LogP contribution in [0.15, 0.2) is 48.5 Å². The number of aliphatic hydroxyl groups is 1. The third-order valence-corrected chi connectivity index (χ3v) is 2.89. The summed E-state index contributed by atoms with van der Waals surface area (Å²) in [4.78, 5) is 35.1. The van der Waals surface area contributed by atoms with Crippen LogP contribution in [-0.2, 0) is 27.6 Å². The molecule has 0 aliphatic carbocycles. The highest BCUT2D eigenvalue weighted by molar-refractivity contribution is 5.69. The summed E-state index contributed by atoms with van der Waals surface area (Å²) in [5.74, 6) is 0.142. The van der Waals surface area contributed by atoms with E-state index in [0.717, 1.165) is 5.56 Å². The van der Waals surface area contributed by atoms with E-state index in [4.69, 9.17) is 14.6 Å². The lowest BCUT2D eigenvalue weighted by Gasteiger charge is -2.02. The highest BCUT2D eigenvalue weighted by atomic mass is 16.9. The minimum atomic E-state index is -0.861. The van der Waals surface area contributed by atoms with Gasteiger partial charge in [-0.1, -0.05) is 24.3 Å². The van der Waals surface area contributed by atoms with Crippen molar-refractivity contribution in [2.45, 2.75) is 27.1 Å². The van der Waals surface area contributed by atoms with E-state index in [-0.39, 0.29) is 19.2 Å². The van der Waals surface area contributed by atoms with Crippen molar-refractivity contribution in [2.75, 3.05) is 0 Å². The molecule has 0 aliphatic heterocycles. The Hall–Kier alpha value is -3.46. The Bertz CT molecular complexity index is 756. The number of hydrogen-bond acceptors (Lipinski definition) is 8. The lowest BCUT2D eigenvalue weighted by atomic mass is 10.2. The Balaban J connectivity index is 0.000000277. The van der Waals surface area contributed by atoms with Gasteiger partial charge < -0.3 is 19.4 Å². The van der Waals surface area contributed by atoms with Gasteiger partial charge in [-0.25, -0.2) is 0 Å². The van der Waals surface area contributed by atoms with Gasteiger partial charge in [-0.2, -0.15) is 0 Å². The van der Waals surface area contributed by atoms with Gasteiger partial charge in [-0.15, -0.1) is 10.1 Å². The first-order valence-electron chi connectivity index (χ1n) is 7.73. The number of carbonyl (C=O) groups is 2. The molecule has 0 saturated heterocycles. The molecule has 2 rings (SSSR count). The maximum Gasteiger partial charge on any atom is 0.308 e. The fourth-order valence-electron chi connectivity index (χ4n) is 1.78. The van der Waals surface area contributed by atoms with Crippen LogP contribution in [0.25, 0.3) is 0 Å². The molecule has 144 valence electrons. The SMILES string of the molecule is CC(=O)Oc1ccc(CO)cc1.CC(=O)Oc1ccc(CO[N+](=O)[O-])cc1.